The SMILES string of the molecule is Cc1cc(C)n(CC(=O)N2CCOCC2c2ccn[nH]2)n1. The van der Waals surface area contributed by atoms with Crippen molar-refractivity contribution < 1.29 is 9.53 Å². The number of nitrogens with zero attached hydrogens (tertiary/aromatic N) is 4. The number of hydrogen-bond acceptors (Lipinski definition) is 4. The Morgan fingerprint density at radius 2 is 2.38 bits per heavy atom. The Labute approximate surface area is 122 Å². The Kier molecular flexibility index (Phi) is 3.74. The van der Waals surface area contributed by atoms with Crippen LogP contribution in [0.3, 0.4) is 0 Å². The number of carbonyl (C=O) groups is 1. The van der Waals surface area contributed by atoms with Crippen molar-refractivity contribution in [3.8, 4) is 0 Å². The zero-order chi connectivity index (χ0) is 14.8. The summed E-state index contributed by atoms with van der Waals surface area (Å²) in [4.78, 5) is 14.5. The van der Waals surface area contributed by atoms with Gasteiger partial charge in [0.1, 0.15) is 6.54 Å². The van der Waals surface area contributed by atoms with E-state index >= 15 is 0 Å². The quantitative estimate of drug-likeness (QED) is 0.907. The summed E-state index contributed by atoms with van der Waals surface area (Å²) in [5.41, 5.74) is 2.82. The van der Waals surface area contributed by atoms with Gasteiger partial charge in [-0.25, -0.2) is 0 Å². The molecule has 0 bridgehead atoms. The van der Waals surface area contributed by atoms with Gasteiger partial charge in [0.25, 0.3) is 0 Å². The maximum Gasteiger partial charge on any atom is 0.245 e. The third-order valence-electron chi connectivity index (χ3n) is 3.72. The second kappa shape index (κ2) is 5.69. The normalized spacial score (nSPS) is 19.0. The molecule has 112 valence electrons. The maximum absolute atomic E-state index is 12.6. The van der Waals surface area contributed by atoms with Crippen LogP contribution in [0, 0.1) is 13.8 Å². The summed E-state index contributed by atoms with van der Waals surface area (Å²) in [6.45, 7) is 5.78. The average molecular weight is 289 g/mol. The molecule has 0 aromatic carbocycles. The molecule has 0 aliphatic carbocycles. The van der Waals surface area contributed by atoms with Crippen LogP contribution in [0.1, 0.15) is 23.1 Å². The van der Waals surface area contributed by atoms with Gasteiger partial charge >= 0.3 is 0 Å². The highest BCUT2D eigenvalue weighted by atomic mass is 16.5. The molecule has 2 aromatic rings. The number of hydrogen-bond donors (Lipinski definition) is 1. The van der Waals surface area contributed by atoms with Crippen molar-refractivity contribution >= 4 is 5.91 Å². The van der Waals surface area contributed by atoms with E-state index in [0.29, 0.717) is 19.8 Å². The molecule has 7 heteroatoms. The third-order valence-corrected chi connectivity index (χ3v) is 3.72. The second-order valence-electron chi connectivity index (χ2n) is 5.27. The zero-order valence-corrected chi connectivity index (χ0v) is 12.2. The summed E-state index contributed by atoms with van der Waals surface area (Å²) >= 11 is 0. The van der Waals surface area contributed by atoms with E-state index in [4.69, 9.17) is 4.74 Å². The number of nitrogens with one attached hydrogen (secondary N) is 1. The lowest BCUT2D eigenvalue weighted by atomic mass is 10.1. The van der Waals surface area contributed by atoms with Crippen LogP contribution >= 0.6 is 0 Å². The molecule has 7 nitrogen and oxygen atoms in total. The average Bonchev–Trinajstić information content (AvgIpc) is 3.09. The second-order valence-corrected chi connectivity index (χ2v) is 5.27. The van der Waals surface area contributed by atoms with Gasteiger partial charge in [-0.15, -0.1) is 0 Å². The number of H-pyrrole nitrogens is 1. The molecule has 0 spiro atoms. The molecule has 1 aliphatic rings. The first-order valence-electron chi connectivity index (χ1n) is 7.02. The number of aryl methyl sites for hydroxylation is 2. The van der Waals surface area contributed by atoms with E-state index in [2.05, 4.69) is 15.3 Å². The molecule has 1 atom stereocenters. The fraction of sp³-hybridized carbons (Fsp3) is 0.500. The summed E-state index contributed by atoms with van der Waals surface area (Å²) in [6, 6.07) is 3.74. The first-order chi connectivity index (χ1) is 10.1. The Morgan fingerprint density at radius 3 is 3.05 bits per heavy atom. The molecule has 21 heavy (non-hydrogen) atoms. The monoisotopic (exact) mass is 289 g/mol. The van der Waals surface area contributed by atoms with Crippen molar-refractivity contribution in [1.29, 1.82) is 0 Å². The summed E-state index contributed by atoms with van der Waals surface area (Å²) in [7, 11) is 0. The lowest BCUT2D eigenvalue weighted by molar-refractivity contribution is -0.141. The first kappa shape index (κ1) is 13.8. The van der Waals surface area contributed by atoms with Crippen molar-refractivity contribution in [1.82, 2.24) is 24.9 Å². The molecule has 0 radical (unpaired) electrons. The van der Waals surface area contributed by atoms with E-state index in [0.717, 1.165) is 17.1 Å². The van der Waals surface area contributed by atoms with Crippen LogP contribution in [0.25, 0.3) is 0 Å². The Bertz CT molecular complexity index is 619. The maximum atomic E-state index is 12.6. The van der Waals surface area contributed by atoms with Gasteiger partial charge in [-0.3, -0.25) is 14.6 Å². The molecule has 1 amide bonds. The molecule has 3 rings (SSSR count). The van der Waals surface area contributed by atoms with Crippen LogP contribution in [0.4, 0.5) is 0 Å². The Balaban J connectivity index is 1.77. The summed E-state index contributed by atoms with van der Waals surface area (Å²) in [5.74, 6) is 0.0455. The molecule has 3 heterocycles. The highest BCUT2D eigenvalue weighted by molar-refractivity contribution is 5.76. The van der Waals surface area contributed by atoms with Gasteiger partial charge in [0.2, 0.25) is 5.91 Å². The number of carbonyl (C=O) groups excluding carboxylic acids is 1. The molecule has 1 fully saturated rings. The number of ether oxygens (including phenoxy) is 1. The smallest absolute Gasteiger partial charge is 0.245 e. The Morgan fingerprint density at radius 1 is 1.52 bits per heavy atom. The molecule has 1 N–H and O–H groups in total. The summed E-state index contributed by atoms with van der Waals surface area (Å²) in [5, 5.41) is 11.2. The fourth-order valence-corrected chi connectivity index (χ4v) is 2.67. The van der Waals surface area contributed by atoms with E-state index in [1.54, 1.807) is 10.9 Å². The van der Waals surface area contributed by atoms with Crippen LogP contribution in [-0.2, 0) is 16.1 Å². The minimum atomic E-state index is -0.106. The van der Waals surface area contributed by atoms with Gasteiger partial charge in [0, 0.05) is 18.4 Å². The third kappa shape index (κ3) is 2.82. The van der Waals surface area contributed by atoms with Crippen LogP contribution in [0.2, 0.25) is 0 Å². The summed E-state index contributed by atoms with van der Waals surface area (Å²) < 4.78 is 7.25. The number of rotatable bonds is 3. The predicted molar refractivity (Wildman–Crippen MR) is 75.6 cm³/mol. The van der Waals surface area contributed by atoms with E-state index in [9.17, 15) is 4.79 Å². The van der Waals surface area contributed by atoms with Gasteiger partial charge in [0.05, 0.1) is 30.6 Å². The van der Waals surface area contributed by atoms with Gasteiger partial charge in [-0.2, -0.15) is 10.2 Å². The minimum Gasteiger partial charge on any atom is -0.377 e. The van der Waals surface area contributed by atoms with E-state index in [1.807, 2.05) is 30.9 Å². The first-order valence-corrected chi connectivity index (χ1v) is 7.02. The molecular weight excluding hydrogens is 270 g/mol. The topological polar surface area (TPSA) is 76.0 Å². The number of aromatic nitrogens is 4. The minimum absolute atomic E-state index is 0.0455. The number of aromatic amines is 1. The zero-order valence-electron chi connectivity index (χ0n) is 12.2. The van der Waals surface area contributed by atoms with Crippen molar-refractivity contribution in [3.63, 3.8) is 0 Å². The molecule has 1 saturated heterocycles. The number of morpholine rings is 1. The number of amides is 1. The molecule has 2 aromatic heterocycles. The van der Waals surface area contributed by atoms with Crippen molar-refractivity contribution in [3.05, 3.63) is 35.4 Å². The molecule has 0 saturated carbocycles. The van der Waals surface area contributed by atoms with Crippen molar-refractivity contribution in [2.75, 3.05) is 19.8 Å². The highest BCUT2D eigenvalue weighted by Crippen LogP contribution is 2.22. The highest BCUT2D eigenvalue weighted by Gasteiger charge is 2.29. The van der Waals surface area contributed by atoms with E-state index < -0.39 is 0 Å². The van der Waals surface area contributed by atoms with Crippen molar-refractivity contribution in [2.45, 2.75) is 26.4 Å². The Hall–Kier alpha value is -2.15. The van der Waals surface area contributed by atoms with E-state index in [-0.39, 0.29) is 18.5 Å². The molecule has 1 unspecified atom stereocenters. The molecular formula is C14H19N5O2. The van der Waals surface area contributed by atoms with Gasteiger partial charge in [0.15, 0.2) is 0 Å². The summed E-state index contributed by atoms with van der Waals surface area (Å²) in [6.07, 6.45) is 1.69. The van der Waals surface area contributed by atoms with Crippen LogP contribution in [-0.4, -0.2) is 50.5 Å². The van der Waals surface area contributed by atoms with Gasteiger partial charge < -0.3 is 9.64 Å². The van der Waals surface area contributed by atoms with Gasteiger partial charge in [-0.05, 0) is 26.0 Å². The van der Waals surface area contributed by atoms with Gasteiger partial charge in [-0.1, -0.05) is 0 Å². The largest absolute Gasteiger partial charge is 0.377 e. The van der Waals surface area contributed by atoms with Crippen molar-refractivity contribution in [2.24, 2.45) is 0 Å². The van der Waals surface area contributed by atoms with Crippen LogP contribution < -0.4 is 0 Å². The lowest BCUT2D eigenvalue weighted by Gasteiger charge is -2.35. The van der Waals surface area contributed by atoms with E-state index in [1.165, 1.54) is 0 Å². The molecule has 1 aliphatic heterocycles. The van der Waals surface area contributed by atoms with Crippen LogP contribution in [0.5, 0.6) is 0 Å². The van der Waals surface area contributed by atoms with Crippen LogP contribution in [0.15, 0.2) is 18.3 Å². The lowest BCUT2D eigenvalue weighted by Crippen LogP contribution is -2.45. The fourth-order valence-electron chi connectivity index (χ4n) is 2.67. The predicted octanol–water partition coefficient (Wildman–Crippen LogP) is 0.823. The standard InChI is InChI=1S/C14H19N5O2/c1-10-7-11(2)19(17-10)8-14(20)18-5-6-21-9-13(18)12-3-4-15-16-12/h3-4,7,13H,5-6,8-9H2,1-2H3,(H,15,16).